The number of nitrogens with one attached hydrogen (secondary N) is 1. The molecule has 1 amide bonds. The molecule has 3 aliphatic heterocycles. The molecule has 0 spiro atoms. The maximum Gasteiger partial charge on any atom is 0.350 e. The largest absolute Gasteiger partial charge is 0.463 e. The first-order chi connectivity index (χ1) is 39.1. The van der Waals surface area contributed by atoms with Crippen molar-refractivity contribution in [3.63, 3.8) is 0 Å². The maximum absolute atomic E-state index is 11.8. The Labute approximate surface area is 499 Å². The Balaban J connectivity index is 0.000000220. The highest BCUT2D eigenvalue weighted by atomic mass is 32.2. The van der Waals surface area contributed by atoms with E-state index in [1.807, 2.05) is 6.92 Å². The van der Waals surface area contributed by atoms with Crippen molar-refractivity contribution < 1.29 is 98.8 Å². The number of carbonyl (C=O) groups is 10. The number of Topliss-reactive ketones (excluding diaryl/α,β-unsaturated/α-hetero) is 1. The van der Waals surface area contributed by atoms with Crippen LogP contribution in [-0.2, 0) is 96.0 Å². The van der Waals surface area contributed by atoms with Crippen molar-refractivity contribution in [2.75, 3.05) is 19.0 Å². The number of rotatable bonds is 14. The highest BCUT2D eigenvalue weighted by Gasteiger charge is 2.63. The average Bonchev–Trinajstić information content (AvgIpc) is 1.75. The Morgan fingerprint density at radius 1 is 0.706 bits per heavy atom. The lowest BCUT2D eigenvalue weighted by molar-refractivity contribution is -0.195. The molecule has 0 aromatic rings. The fourth-order valence-electron chi connectivity index (χ4n) is 12.6. The van der Waals surface area contributed by atoms with Crippen molar-refractivity contribution in [2.45, 2.75) is 200 Å². The lowest BCUT2D eigenvalue weighted by Crippen LogP contribution is -2.56. The minimum absolute atomic E-state index is 0.0646. The third-order valence-electron chi connectivity index (χ3n) is 16.0. The number of carbonyl (C=O) groups excluding carboxylic acids is 10. The number of ketones is 1. The minimum atomic E-state index is -4.08. The predicted octanol–water partition coefficient (Wildman–Crippen LogP) is 7.72. The van der Waals surface area contributed by atoms with Crippen LogP contribution in [-0.4, -0.2) is 132 Å². The number of hydrogen-bond acceptors (Lipinski definition) is 20. The van der Waals surface area contributed by atoms with E-state index in [9.17, 15) is 56.4 Å². The summed E-state index contributed by atoms with van der Waals surface area (Å²) in [5.74, 6) is -1.72. The fraction of sp³-hybridized carbons (Fsp3) is 0.645. The van der Waals surface area contributed by atoms with Crippen molar-refractivity contribution in [1.82, 2.24) is 5.32 Å². The average molecular weight is 1210 g/mol. The molecule has 7 aliphatic carbocycles. The zero-order valence-corrected chi connectivity index (χ0v) is 51.8. The molecule has 6 bridgehead atoms. The third kappa shape index (κ3) is 20.5. The van der Waals surface area contributed by atoms with Crippen molar-refractivity contribution >= 4 is 69.6 Å². The van der Waals surface area contributed by atoms with Crippen LogP contribution in [0.1, 0.15) is 159 Å². The summed E-state index contributed by atoms with van der Waals surface area (Å²) >= 11 is 0. The predicted molar refractivity (Wildman–Crippen MR) is 307 cm³/mol. The SMILES string of the molecule is C=C(C)C(=O)OC1(C)CCCC(=O)C1.C=C(C)C(=O)OC1(C)CCOC1=O.C=C(C)C(=O)OC12CC3CC(CC(C)(C3)C1)C2.C=C(C)C(=O)OC1C2CC3C(=O)OC1C3C2.C=C(C)C(=O)OC1CCOC1=O.C=CC(=O)NC(C)(C)CS(=O)(=O)O. The van der Waals surface area contributed by atoms with Crippen LogP contribution in [0.4, 0.5) is 0 Å². The minimum Gasteiger partial charge on any atom is -0.463 e. The molecule has 0 aromatic heterocycles. The normalized spacial score (nSPS) is 31.0. The van der Waals surface area contributed by atoms with Gasteiger partial charge in [0.2, 0.25) is 17.6 Å². The van der Waals surface area contributed by atoms with Gasteiger partial charge < -0.3 is 43.2 Å². The molecular formula is C62H87NO21S. The molecule has 7 saturated carbocycles. The Kier molecular flexibility index (Phi) is 23.8. The first kappa shape index (κ1) is 70.7. The van der Waals surface area contributed by atoms with Crippen LogP contribution in [0.3, 0.4) is 0 Å². The Hall–Kier alpha value is -6.75. The van der Waals surface area contributed by atoms with Gasteiger partial charge in [-0.05, 0) is 150 Å². The van der Waals surface area contributed by atoms with Crippen LogP contribution in [0.15, 0.2) is 73.4 Å². The molecule has 10 rings (SSSR count). The van der Waals surface area contributed by atoms with Gasteiger partial charge in [-0.25, -0.2) is 33.6 Å². The van der Waals surface area contributed by atoms with Crippen LogP contribution in [0.2, 0.25) is 0 Å². The summed E-state index contributed by atoms with van der Waals surface area (Å²) in [5, 5.41) is 2.37. The first-order valence-electron chi connectivity index (χ1n) is 28.5. The quantitative estimate of drug-likeness (QED) is 0.0727. The van der Waals surface area contributed by atoms with Crippen LogP contribution in [0.25, 0.3) is 0 Å². The van der Waals surface area contributed by atoms with Crippen LogP contribution in [0.5, 0.6) is 0 Å². The second kappa shape index (κ2) is 28.6. The summed E-state index contributed by atoms with van der Waals surface area (Å²) in [6.45, 7) is 38.2. The van der Waals surface area contributed by atoms with E-state index in [0.29, 0.717) is 66.9 Å². The highest BCUT2D eigenvalue weighted by Crippen LogP contribution is 2.62. The van der Waals surface area contributed by atoms with E-state index in [1.165, 1.54) is 47.0 Å². The van der Waals surface area contributed by atoms with Gasteiger partial charge in [0.15, 0.2) is 0 Å². The van der Waals surface area contributed by atoms with Crippen molar-refractivity contribution in [1.29, 1.82) is 0 Å². The van der Waals surface area contributed by atoms with Crippen LogP contribution >= 0.6 is 0 Å². The van der Waals surface area contributed by atoms with Gasteiger partial charge in [0.1, 0.15) is 29.2 Å². The lowest BCUT2D eigenvalue weighted by Gasteiger charge is -2.60. The molecule has 10 atom stereocenters. The molecule has 3 heterocycles. The van der Waals surface area contributed by atoms with E-state index in [4.69, 9.17) is 37.7 Å². The van der Waals surface area contributed by atoms with Gasteiger partial charge in [-0.15, -0.1) is 0 Å². The monoisotopic (exact) mass is 1210 g/mol. The first-order valence-corrected chi connectivity index (χ1v) is 30.1. The number of amides is 1. The molecule has 3 saturated heterocycles. The van der Waals surface area contributed by atoms with Crippen molar-refractivity contribution in [3.05, 3.63) is 73.4 Å². The van der Waals surface area contributed by atoms with E-state index < -0.39 is 74.5 Å². The van der Waals surface area contributed by atoms with E-state index in [1.54, 1.807) is 27.7 Å². The number of ether oxygens (including phenoxy) is 8. The van der Waals surface area contributed by atoms with E-state index >= 15 is 0 Å². The molecule has 0 radical (unpaired) electrons. The van der Waals surface area contributed by atoms with Gasteiger partial charge in [0, 0.05) is 65.4 Å². The number of hydrogen-bond donors (Lipinski definition) is 2. The summed E-state index contributed by atoms with van der Waals surface area (Å²) in [5.41, 5.74) is -0.566. The molecule has 2 N–H and O–H groups in total. The second-order valence-electron chi connectivity index (χ2n) is 25.6. The molecule has 472 valence electrons. The smallest absolute Gasteiger partial charge is 0.350 e. The van der Waals surface area contributed by atoms with E-state index in [-0.39, 0.29) is 64.5 Å². The summed E-state index contributed by atoms with van der Waals surface area (Å²) in [7, 11) is -4.08. The Morgan fingerprint density at radius 2 is 1.25 bits per heavy atom. The summed E-state index contributed by atoms with van der Waals surface area (Å²) in [6.07, 6.45) is 12.3. The zero-order chi connectivity index (χ0) is 64.4. The second-order valence-corrected chi connectivity index (χ2v) is 27.0. The van der Waals surface area contributed by atoms with Gasteiger partial charge in [0.05, 0.1) is 30.4 Å². The number of fused-ring (bicyclic) bond motifs is 1. The standard InChI is InChI=1S/C15H22O2.C12H14O4.C11H16O3.C9H12O4.C8H10O4.C7H13NO4S/c1-10(2)13(16)17-15-7-11-4-12(8-15)6-14(3,5-11)9-15;1-5(2)11(13)15-9-6-3-7-8(4-6)12(14)16-10(7)9;1-8(2)10(13)14-11(3)6-4-5-9(12)7-11;1-6(2)7(10)13-9(3)4-5-12-8(9)11;1-5(2)7(9)12-6-3-4-11-8(6)10;1-4-6(9)8-7(2,3)5-13(10,11)12/h11-12H,1,4-9H2,2-3H3;6-10H,1,3-4H2,2H3;1,4-7H2,2-3H3;1,4-5H2,2-3H3;6H,1,3-4H2,2H3;4H,1,5H2,2-3H3,(H,8,9)(H,10,11,12). The fourth-order valence-corrected chi connectivity index (χ4v) is 13.6. The van der Waals surface area contributed by atoms with Crippen molar-refractivity contribution in [3.8, 4) is 0 Å². The molecule has 10 fully saturated rings. The highest BCUT2D eigenvalue weighted by molar-refractivity contribution is 7.85. The molecule has 23 heteroatoms. The molecule has 10 unspecified atom stereocenters. The van der Waals surface area contributed by atoms with Gasteiger partial charge >= 0.3 is 47.8 Å². The van der Waals surface area contributed by atoms with Gasteiger partial charge in [0.25, 0.3) is 10.1 Å². The zero-order valence-electron chi connectivity index (χ0n) is 51.0. The van der Waals surface area contributed by atoms with Gasteiger partial charge in [-0.2, -0.15) is 8.42 Å². The van der Waals surface area contributed by atoms with Crippen molar-refractivity contribution in [2.24, 2.45) is 35.0 Å². The van der Waals surface area contributed by atoms with Crippen LogP contribution < -0.4 is 5.32 Å². The molecular weight excluding hydrogens is 1130 g/mol. The Morgan fingerprint density at radius 3 is 1.72 bits per heavy atom. The molecule has 22 nitrogen and oxygen atoms in total. The summed E-state index contributed by atoms with van der Waals surface area (Å²) in [6, 6.07) is 0. The third-order valence-corrected chi connectivity index (χ3v) is 17.1. The van der Waals surface area contributed by atoms with E-state index in [2.05, 4.69) is 56.5 Å². The van der Waals surface area contributed by atoms with E-state index in [0.717, 1.165) is 62.9 Å². The molecule has 85 heavy (non-hydrogen) atoms. The number of esters is 8. The van der Waals surface area contributed by atoms with Crippen LogP contribution in [0, 0.1) is 35.0 Å². The Bertz CT molecular complexity index is 2810. The summed E-state index contributed by atoms with van der Waals surface area (Å²) in [4.78, 5) is 112. The number of cyclic esters (lactones) is 2. The summed E-state index contributed by atoms with van der Waals surface area (Å²) < 4.78 is 70.3. The van der Waals surface area contributed by atoms with Gasteiger partial charge in [-0.1, -0.05) is 46.4 Å². The maximum atomic E-state index is 11.8. The molecule has 10 aliphatic rings. The molecule has 0 aromatic carbocycles. The topological polar surface area (TPSA) is 311 Å². The lowest BCUT2D eigenvalue weighted by atomic mass is 9.48. The van der Waals surface area contributed by atoms with Gasteiger partial charge in [-0.3, -0.25) is 18.9 Å².